The smallest absolute Gasteiger partial charge is 0.247 e. The fraction of sp³-hybridized carbons (Fsp3) is 0.400. The standard InChI is InChI=1S/C15H18FN5/c1-11-6-8-21(9-7-11)15-19-14(10-17-20-15)18-13-4-2-12(16)3-5-13/h2-5,10-11H,6-9H2,1H3,(H,18,19,20). The highest BCUT2D eigenvalue weighted by molar-refractivity contribution is 5.56. The third-order valence-corrected chi connectivity index (χ3v) is 3.73. The quantitative estimate of drug-likeness (QED) is 0.940. The second kappa shape index (κ2) is 6.03. The van der Waals surface area contributed by atoms with Crippen molar-refractivity contribution in [2.45, 2.75) is 19.8 Å². The van der Waals surface area contributed by atoms with Crippen LogP contribution in [0.4, 0.5) is 21.8 Å². The number of rotatable bonds is 3. The van der Waals surface area contributed by atoms with Crippen LogP contribution in [0.15, 0.2) is 30.5 Å². The Bertz CT molecular complexity index is 593. The Morgan fingerprint density at radius 1 is 1.19 bits per heavy atom. The van der Waals surface area contributed by atoms with Crippen LogP contribution in [-0.2, 0) is 0 Å². The Morgan fingerprint density at radius 2 is 1.90 bits per heavy atom. The summed E-state index contributed by atoms with van der Waals surface area (Å²) in [5.41, 5.74) is 0.773. The number of benzene rings is 1. The molecule has 1 fully saturated rings. The zero-order valence-corrected chi connectivity index (χ0v) is 12.0. The molecular formula is C15H18FN5. The number of hydrogen-bond donors (Lipinski definition) is 1. The van der Waals surface area contributed by atoms with E-state index in [1.54, 1.807) is 18.3 Å². The van der Waals surface area contributed by atoms with Crippen molar-refractivity contribution in [2.24, 2.45) is 5.92 Å². The summed E-state index contributed by atoms with van der Waals surface area (Å²) in [6.45, 7) is 4.19. The van der Waals surface area contributed by atoms with Crippen LogP contribution in [0.3, 0.4) is 0 Å². The van der Waals surface area contributed by atoms with Crippen molar-refractivity contribution in [1.29, 1.82) is 0 Å². The Labute approximate surface area is 123 Å². The van der Waals surface area contributed by atoms with E-state index in [2.05, 4.69) is 32.3 Å². The third-order valence-electron chi connectivity index (χ3n) is 3.73. The van der Waals surface area contributed by atoms with E-state index in [9.17, 15) is 4.39 Å². The minimum absolute atomic E-state index is 0.260. The van der Waals surface area contributed by atoms with Crippen molar-refractivity contribution in [3.05, 3.63) is 36.3 Å². The molecule has 110 valence electrons. The Balaban J connectivity index is 1.72. The van der Waals surface area contributed by atoms with Gasteiger partial charge < -0.3 is 10.2 Å². The van der Waals surface area contributed by atoms with Crippen LogP contribution >= 0.6 is 0 Å². The average Bonchev–Trinajstić information content (AvgIpc) is 2.51. The van der Waals surface area contributed by atoms with Crippen LogP contribution in [0, 0.1) is 11.7 Å². The molecule has 1 N–H and O–H groups in total. The fourth-order valence-corrected chi connectivity index (χ4v) is 2.38. The number of nitrogens with one attached hydrogen (secondary N) is 1. The number of nitrogens with zero attached hydrogens (tertiary/aromatic N) is 4. The van der Waals surface area contributed by atoms with E-state index < -0.39 is 0 Å². The summed E-state index contributed by atoms with van der Waals surface area (Å²) in [5, 5.41) is 11.2. The molecule has 0 amide bonds. The molecule has 21 heavy (non-hydrogen) atoms. The number of hydrogen-bond acceptors (Lipinski definition) is 5. The molecule has 1 aliphatic rings. The second-order valence-corrected chi connectivity index (χ2v) is 5.44. The maximum Gasteiger partial charge on any atom is 0.247 e. The molecule has 0 aliphatic carbocycles. The van der Waals surface area contributed by atoms with E-state index in [1.165, 1.54) is 12.1 Å². The van der Waals surface area contributed by atoms with Gasteiger partial charge in [0.1, 0.15) is 5.82 Å². The molecule has 0 unspecified atom stereocenters. The number of aromatic nitrogens is 3. The lowest BCUT2D eigenvalue weighted by Crippen LogP contribution is -2.34. The van der Waals surface area contributed by atoms with Crippen molar-refractivity contribution < 1.29 is 4.39 Å². The summed E-state index contributed by atoms with van der Waals surface area (Å²) in [5.74, 6) is 1.76. The van der Waals surface area contributed by atoms with E-state index in [1.807, 2.05) is 0 Å². The monoisotopic (exact) mass is 287 g/mol. The molecule has 0 radical (unpaired) electrons. The van der Waals surface area contributed by atoms with Gasteiger partial charge in [0.15, 0.2) is 5.82 Å². The second-order valence-electron chi connectivity index (χ2n) is 5.44. The summed E-state index contributed by atoms with van der Waals surface area (Å²) in [4.78, 5) is 6.64. The van der Waals surface area contributed by atoms with E-state index in [0.717, 1.165) is 37.5 Å². The van der Waals surface area contributed by atoms with Gasteiger partial charge in [-0.05, 0) is 43.0 Å². The van der Waals surface area contributed by atoms with Crippen molar-refractivity contribution in [2.75, 3.05) is 23.3 Å². The number of piperidine rings is 1. The fourth-order valence-electron chi connectivity index (χ4n) is 2.38. The molecule has 2 aromatic rings. The molecule has 0 atom stereocenters. The van der Waals surface area contributed by atoms with Crippen molar-refractivity contribution in [1.82, 2.24) is 15.2 Å². The van der Waals surface area contributed by atoms with Gasteiger partial charge in [-0.3, -0.25) is 0 Å². The molecule has 0 saturated carbocycles. The molecule has 2 heterocycles. The molecule has 5 nitrogen and oxygen atoms in total. The molecule has 1 aliphatic heterocycles. The minimum atomic E-state index is -0.260. The lowest BCUT2D eigenvalue weighted by molar-refractivity contribution is 0.433. The topological polar surface area (TPSA) is 53.9 Å². The highest BCUT2D eigenvalue weighted by atomic mass is 19.1. The van der Waals surface area contributed by atoms with Gasteiger partial charge in [-0.25, -0.2) is 4.39 Å². The van der Waals surface area contributed by atoms with Gasteiger partial charge in [0.2, 0.25) is 5.95 Å². The number of anilines is 3. The summed E-state index contributed by atoms with van der Waals surface area (Å²) in [6, 6.07) is 6.15. The molecule has 0 bridgehead atoms. The SMILES string of the molecule is CC1CCN(c2nncc(Nc3ccc(F)cc3)n2)CC1. The molecule has 6 heteroatoms. The van der Waals surface area contributed by atoms with Gasteiger partial charge in [0, 0.05) is 18.8 Å². The van der Waals surface area contributed by atoms with Crippen LogP contribution in [-0.4, -0.2) is 28.3 Å². The molecule has 1 aromatic carbocycles. The first-order chi connectivity index (χ1) is 10.2. The Kier molecular flexibility index (Phi) is 3.94. The first-order valence-corrected chi connectivity index (χ1v) is 7.18. The summed E-state index contributed by atoms with van der Waals surface area (Å²) < 4.78 is 12.9. The van der Waals surface area contributed by atoms with Crippen LogP contribution in [0.1, 0.15) is 19.8 Å². The van der Waals surface area contributed by atoms with Crippen molar-refractivity contribution in [3.63, 3.8) is 0 Å². The first kappa shape index (κ1) is 13.7. The van der Waals surface area contributed by atoms with Crippen molar-refractivity contribution >= 4 is 17.5 Å². The highest BCUT2D eigenvalue weighted by Gasteiger charge is 2.18. The van der Waals surface area contributed by atoms with Gasteiger partial charge in [0.25, 0.3) is 0 Å². The molecular weight excluding hydrogens is 269 g/mol. The maximum absolute atomic E-state index is 12.9. The number of halogens is 1. The summed E-state index contributed by atoms with van der Waals surface area (Å²) in [6.07, 6.45) is 3.87. The van der Waals surface area contributed by atoms with E-state index in [0.29, 0.717) is 11.8 Å². The molecule has 1 saturated heterocycles. The maximum atomic E-state index is 12.9. The average molecular weight is 287 g/mol. The van der Waals surface area contributed by atoms with Crippen LogP contribution in [0.5, 0.6) is 0 Å². The van der Waals surface area contributed by atoms with Crippen LogP contribution in [0.25, 0.3) is 0 Å². The summed E-state index contributed by atoms with van der Waals surface area (Å²) in [7, 11) is 0. The normalized spacial score (nSPS) is 16.0. The van der Waals surface area contributed by atoms with Gasteiger partial charge in [-0.15, -0.1) is 5.10 Å². The largest absolute Gasteiger partial charge is 0.339 e. The lowest BCUT2D eigenvalue weighted by atomic mass is 10.00. The van der Waals surface area contributed by atoms with Crippen LogP contribution < -0.4 is 10.2 Å². The molecule has 3 rings (SSSR count). The molecule has 0 spiro atoms. The zero-order valence-electron chi connectivity index (χ0n) is 12.0. The minimum Gasteiger partial charge on any atom is -0.339 e. The Hall–Kier alpha value is -2.24. The summed E-state index contributed by atoms with van der Waals surface area (Å²) >= 11 is 0. The van der Waals surface area contributed by atoms with Gasteiger partial charge in [0.05, 0.1) is 6.20 Å². The Morgan fingerprint density at radius 3 is 2.62 bits per heavy atom. The van der Waals surface area contributed by atoms with Gasteiger partial charge in [-0.2, -0.15) is 10.1 Å². The van der Waals surface area contributed by atoms with E-state index in [-0.39, 0.29) is 5.82 Å². The molecule has 1 aromatic heterocycles. The predicted molar refractivity (Wildman–Crippen MR) is 80.1 cm³/mol. The lowest BCUT2D eigenvalue weighted by Gasteiger charge is -2.29. The third kappa shape index (κ3) is 3.45. The van der Waals surface area contributed by atoms with Gasteiger partial charge >= 0.3 is 0 Å². The van der Waals surface area contributed by atoms with E-state index in [4.69, 9.17) is 0 Å². The van der Waals surface area contributed by atoms with Crippen molar-refractivity contribution in [3.8, 4) is 0 Å². The van der Waals surface area contributed by atoms with Gasteiger partial charge in [-0.1, -0.05) is 6.92 Å². The predicted octanol–water partition coefficient (Wildman–Crippen LogP) is 2.99. The van der Waals surface area contributed by atoms with E-state index >= 15 is 0 Å². The first-order valence-electron chi connectivity index (χ1n) is 7.18. The zero-order chi connectivity index (χ0) is 14.7. The highest BCUT2D eigenvalue weighted by Crippen LogP contribution is 2.21. The van der Waals surface area contributed by atoms with Crippen LogP contribution in [0.2, 0.25) is 0 Å².